The second-order valence-electron chi connectivity index (χ2n) is 6.74. The Hall–Kier alpha value is -1.61. The van der Waals surface area contributed by atoms with Gasteiger partial charge in [-0.25, -0.2) is 8.42 Å². The zero-order valence-electron chi connectivity index (χ0n) is 14.8. The Morgan fingerprint density at radius 3 is 2.31 bits per heavy atom. The maximum Gasteiger partial charge on any atom is 0.416 e. The topological polar surface area (TPSA) is 57.7 Å². The van der Waals surface area contributed by atoms with Crippen LogP contribution >= 0.6 is 0 Å². The van der Waals surface area contributed by atoms with Gasteiger partial charge in [0.1, 0.15) is 0 Å². The van der Waals surface area contributed by atoms with E-state index >= 15 is 0 Å². The number of carbonyl (C=O) groups is 1. The van der Waals surface area contributed by atoms with Crippen molar-refractivity contribution in [1.82, 2.24) is 9.21 Å². The van der Waals surface area contributed by atoms with Gasteiger partial charge < -0.3 is 4.90 Å². The number of halogens is 3. The Morgan fingerprint density at radius 2 is 1.77 bits per heavy atom. The molecule has 5 nitrogen and oxygen atoms in total. The molecule has 0 N–H and O–H groups in total. The number of alkyl halides is 3. The third-order valence-electron chi connectivity index (χ3n) is 4.33. The minimum atomic E-state index is -4.60. The lowest BCUT2D eigenvalue weighted by molar-refractivity contribution is -0.137. The van der Waals surface area contributed by atoms with Crippen molar-refractivity contribution >= 4 is 15.9 Å². The first kappa shape index (κ1) is 20.7. The second kappa shape index (κ2) is 7.96. The van der Waals surface area contributed by atoms with Gasteiger partial charge in [0.15, 0.2) is 0 Å². The van der Waals surface area contributed by atoms with E-state index in [2.05, 4.69) is 0 Å². The summed E-state index contributed by atoms with van der Waals surface area (Å²) >= 11 is 0. The summed E-state index contributed by atoms with van der Waals surface area (Å²) in [6, 6.07) is 3.73. The molecule has 1 saturated heterocycles. The fourth-order valence-corrected chi connectivity index (χ4v) is 4.20. The van der Waals surface area contributed by atoms with Crippen molar-refractivity contribution in [1.29, 1.82) is 0 Å². The third kappa shape index (κ3) is 4.97. The molecular weight excluding hydrogens is 369 g/mol. The summed E-state index contributed by atoms with van der Waals surface area (Å²) in [5, 5.41) is 0. The van der Waals surface area contributed by atoms with Crippen molar-refractivity contribution in [3.63, 3.8) is 0 Å². The molecule has 0 bridgehead atoms. The summed E-state index contributed by atoms with van der Waals surface area (Å²) in [5.74, 6) is 0.386. The monoisotopic (exact) mass is 392 g/mol. The smallest absolute Gasteiger partial charge is 0.340 e. The van der Waals surface area contributed by atoms with Gasteiger partial charge in [-0.05, 0) is 30.5 Å². The van der Waals surface area contributed by atoms with Crippen LogP contribution in [0.4, 0.5) is 13.2 Å². The van der Waals surface area contributed by atoms with Gasteiger partial charge in [0, 0.05) is 32.6 Å². The van der Waals surface area contributed by atoms with Crippen LogP contribution in [0.15, 0.2) is 29.2 Å². The molecule has 0 radical (unpaired) electrons. The van der Waals surface area contributed by atoms with Crippen molar-refractivity contribution in [2.45, 2.75) is 37.8 Å². The van der Waals surface area contributed by atoms with Gasteiger partial charge >= 0.3 is 6.18 Å². The van der Waals surface area contributed by atoms with Crippen LogP contribution in [0.3, 0.4) is 0 Å². The highest BCUT2D eigenvalue weighted by Gasteiger charge is 2.34. The van der Waals surface area contributed by atoms with Gasteiger partial charge in [-0.15, -0.1) is 0 Å². The first-order chi connectivity index (χ1) is 12.0. The van der Waals surface area contributed by atoms with E-state index < -0.39 is 21.8 Å². The summed E-state index contributed by atoms with van der Waals surface area (Å²) in [5.41, 5.74) is -0.999. The molecule has 0 aliphatic carbocycles. The van der Waals surface area contributed by atoms with E-state index in [4.69, 9.17) is 0 Å². The summed E-state index contributed by atoms with van der Waals surface area (Å²) < 4.78 is 64.8. The number of piperazine rings is 1. The molecule has 0 saturated carbocycles. The van der Waals surface area contributed by atoms with Crippen LogP contribution in [-0.4, -0.2) is 49.7 Å². The predicted octanol–water partition coefficient (Wildman–Crippen LogP) is 2.97. The van der Waals surface area contributed by atoms with Crippen molar-refractivity contribution < 1.29 is 26.4 Å². The SMILES string of the molecule is CC(C)CCC(=O)N1CCN(S(=O)(=O)c2cccc(C(F)(F)F)c2)CC1. The number of carbonyl (C=O) groups excluding carboxylic acids is 1. The molecule has 0 spiro atoms. The molecule has 1 aliphatic rings. The number of nitrogens with zero attached hydrogens (tertiary/aromatic N) is 2. The first-order valence-corrected chi connectivity index (χ1v) is 9.91. The lowest BCUT2D eigenvalue weighted by Gasteiger charge is -2.34. The third-order valence-corrected chi connectivity index (χ3v) is 6.22. The summed E-state index contributed by atoms with van der Waals surface area (Å²) in [6.45, 7) is 4.68. The molecule has 1 aromatic carbocycles. The van der Waals surface area contributed by atoms with Gasteiger partial charge in [-0.3, -0.25) is 4.79 Å². The molecule has 0 atom stereocenters. The highest BCUT2D eigenvalue weighted by molar-refractivity contribution is 7.89. The number of sulfonamides is 1. The Labute approximate surface area is 151 Å². The summed E-state index contributed by atoms with van der Waals surface area (Å²) in [6.07, 6.45) is -3.42. The largest absolute Gasteiger partial charge is 0.416 e. The standard InChI is InChI=1S/C17H23F3N2O3S/c1-13(2)6-7-16(23)21-8-10-22(11-9-21)26(24,25)15-5-3-4-14(12-15)17(18,19)20/h3-5,12-13H,6-11H2,1-2H3. The van der Waals surface area contributed by atoms with E-state index in [0.717, 1.165) is 28.9 Å². The molecule has 1 heterocycles. The average Bonchev–Trinajstić information content (AvgIpc) is 2.59. The summed E-state index contributed by atoms with van der Waals surface area (Å²) in [4.78, 5) is 13.3. The van der Waals surface area contributed by atoms with E-state index in [1.807, 2.05) is 13.8 Å². The molecule has 2 rings (SSSR count). The van der Waals surface area contributed by atoms with Gasteiger partial charge in [-0.2, -0.15) is 17.5 Å². The Balaban J connectivity index is 2.05. The second-order valence-corrected chi connectivity index (χ2v) is 8.68. The lowest BCUT2D eigenvalue weighted by Crippen LogP contribution is -2.50. The van der Waals surface area contributed by atoms with Crippen LogP contribution in [0, 0.1) is 5.92 Å². The molecule has 1 aliphatic heterocycles. The molecular formula is C17H23F3N2O3S. The zero-order chi connectivity index (χ0) is 19.5. The Kier molecular flexibility index (Phi) is 6.33. The fraction of sp³-hybridized carbons (Fsp3) is 0.588. The zero-order valence-corrected chi connectivity index (χ0v) is 15.6. The van der Waals surface area contributed by atoms with Crippen molar-refractivity contribution in [3.8, 4) is 0 Å². The molecule has 0 unspecified atom stereocenters. The number of rotatable bonds is 5. The maximum atomic E-state index is 12.8. The predicted molar refractivity (Wildman–Crippen MR) is 90.9 cm³/mol. The molecule has 1 amide bonds. The highest BCUT2D eigenvalue weighted by Crippen LogP contribution is 2.31. The van der Waals surface area contributed by atoms with E-state index in [-0.39, 0.29) is 37.0 Å². The Bertz CT molecular complexity index is 740. The minimum absolute atomic E-state index is 0.0187. The molecule has 146 valence electrons. The van der Waals surface area contributed by atoms with Crippen LogP contribution in [-0.2, 0) is 21.0 Å². The molecule has 9 heteroatoms. The van der Waals surface area contributed by atoms with Crippen LogP contribution < -0.4 is 0 Å². The lowest BCUT2D eigenvalue weighted by atomic mass is 10.1. The molecule has 1 fully saturated rings. The fourth-order valence-electron chi connectivity index (χ4n) is 2.73. The molecule has 26 heavy (non-hydrogen) atoms. The first-order valence-electron chi connectivity index (χ1n) is 8.47. The number of hydrogen-bond donors (Lipinski definition) is 0. The normalized spacial score (nSPS) is 16.9. The summed E-state index contributed by atoms with van der Waals surface area (Å²) in [7, 11) is -4.02. The van der Waals surface area contributed by atoms with Crippen LogP contribution in [0.25, 0.3) is 0 Å². The van der Waals surface area contributed by atoms with E-state index in [1.165, 1.54) is 0 Å². The van der Waals surface area contributed by atoms with Gasteiger partial charge in [0.25, 0.3) is 0 Å². The van der Waals surface area contributed by atoms with E-state index in [9.17, 15) is 26.4 Å². The van der Waals surface area contributed by atoms with Gasteiger partial charge in [0.2, 0.25) is 15.9 Å². The number of amides is 1. The van der Waals surface area contributed by atoms with Crippen molar-refractivity contribution in [3.05, 3.63) is 29.8 Å². The van der Waals surface area contributed by atoms with Gasteiger partial charge in [-0.1, -0.05) is 19.9 Å². The van der Waals surface area contributed by atoms with Crippen LogP contribution in [0.1, 0.15) is 32.3 Å². The number of benzene rings is 1. The average molecular weight is 392 g/mol. The van der Waals surface area contributed by atoms with Gasteiger partial charge in [0.05, 0.1) is 10.5 Å². The van der Waals surface area contributed by atoms with Crippen molar-refractivity contribution in [2.75, 3.05) is 26.2 Å². The molecule has 1 aromatic rings. The van der Waals surface area contributed by atoms with Crippen LogP contribution in [0.5, 0.6) is 0 Å². The quantitative estimate of drug-likeness (QED) is 0.774. The van der Waals surface area contributed by atoms with E-state index in [1.54, 1.807) is 4.90 Å². The highest BCUT2D eigenvalue weighted by atomic mass is 32.2. The molecule has 0 aromatic heterocycles. The van der Waals surface area contributed by atoms with E-state index in [0.29, 0.717) is 18.4 Å². The number of hydrogen-bond acceptors (Lipinski definition) is 3. The van der Waals surface area contributed by atoms with Crippen LogP contribution in [0.2, 0.25) is 0 Å². The Morgan fingerprint density at radius 1 is 1.15 bits per heavy atom. The van der Waals surface area contributed by atoms with Crippen molar-refractivity contribution in [2.24, 2.45) is 5.92 Å². The maximum absolute atomic E-state index is 12.8. The minimum Gasteiger partial charge on any atom is -0.340 e.